The lowest BCUT2D eigenvalue weighted by molar-refractivity contribution is 0.102. The van der Waals surface area contributed by atoms with Crippen molar-refractivity contribution in [3.05, 3.63) is 86.8 Å². The van der Waals surface area contributed by atoms with E-state index in [2.05, 4.69) is 15.3 Å². The van der Waals surface area contributed by atoms with Crippen LogP contribution in [0.25, 0.3) is 11.0 Å². The van der Waals surface area contributed by atoms with E-state index in [4.69, 9.17) is 0 Å². The number of hydrogen-bond donors (Lipinski definition) is 1. The highest BCUT2D eigenvalue weighted by atomic mass is 32.1. The third-order valence-corrected chi connectivity index (χ3v) is 5.27. The summed E-state index contributed by atoms with van der Waals surface area (Å²) in [5.41, 5.74) is 3.17. The van der Waals surface area contributed by atoms with Crippen LogP contribution in [-0.4, -0.2) is 20.4 Å². The Hall–Kier alpha value is -3.32. The number of rotatable bonds is 4. The van der Waals surface area contributed by atoms with Crippen LogP contribution >= 0.6 is 11.3 Å². The lowest BCUT2D eigenvalue weighted by atomic mass is 10.1. The van der Waals surface area contributed by atoms with Crippen LogP contribution < -0.4 is 10.9 Å². The van der Waals surface area contributed by atoms with Gasteiger partial charge in [0.15, 0.2) is 5.13 Å². The Kier molecular flexibility index (Phi) is 4.75. The summed E-state index contributed by atoms with van der Waals surface area (Å²) >= 11 is 1.33. The van der Waals surface area contributed by atoms with Gasteiger partial charge < -0.3 is 0 Å². The lowest BCUT2D eigenvalue weighted by Crippen LogP contribution is -2.30. The average molecular weight is 390 g/mol. The zero-order valence-corrected chi connectivity index (χ0v) is 16.3. The molecule has 1 amide bonds. The number of amides is 1. The number of nitrogens with zero attached hydrogens (tertiary/aromatic N) is 3. The number of benzene rings is 1. The summed E-state index contributed by atoms with van der Waals surface area (Å²) in [7, 11) is 0. The number of pyridine rings is 2. The fraction of sp³-hybridized carbons (Fsp3) is 0.143. The van der Waals surface area contributed by atoms with E-state index in [9.17, 15) is 9.59 Å². The minimum atomic E-state index is -0.470. The maximum Gasteiger partial charge on any atom is 0.265 e. The maximum absolute atomic E-state index is 13.1. The molecular weight excluding hydrogens is 372 g/mol. The molecule has 0 unspecified atom stereocenters. The highest BCUT2D eigenvalue weighted by Gasteiger charge is 2.17. The van der Waals surface area contributed by atoms with Crippen molar-refractivity contribution in [1.82, 2.24) is 14.5 Å². The molecule has 3 aromatic heterocycles. The van der Waals surface area contributed by atoms with Gasteiger partial charge in [0.1, 0.15) is 11.2 Å². The Bertz CT molecular complexity index is 1230. The molecule has 0 radical (unpaired) electrons. The van der Waals surface area contributed by atoms with Crippen LogP contribution in [0.15, 0.2) is 58.8 Å². The number of aromatic nitrogens is 3. The second-order valence-corrected chi connectivity index (χ2v) is 7.46. The monoisotopic (exact) mass is 390 g/mol. The topological polar surface area (TPSA) is 76.9 Å². The van der Waals surface area contributed by atoms with E-state index in [1.165, 1.54) is 11.3 Å². The van der Waals surface area contributed by atoms with Gasteiger partial charge in [-0.3, -0.25) is 19.5 Å². The third-order valence-electron chi connectivity index (χ3n) is 4.39. The maximum atomic E-state index is 13.1. The van der Waals surface area contributed by atoms with E-state index in [0.29, 0.717) is 17.3 Å². The number of nitrogens with one attached hydrogen (secondary N) is 1. The Morgan fingerprint density at radius 1 is 1.18 bits per heavy atom. The summed E-state index contributed by atoms with van der Waals surface area (Å²) in [6.45, 7) is 4.20. The molecule has 0 aliphatic heterocycles. The van der Waals surface area contributed by atoms with Gasteiger partial charge >= 0.3 is 0 Å². The number of fused-ring (bicyclic) bond motifs is 1. The SMILES string of the molecule is Cc1ccc(Cn2c(=O)c(C(=O)Nc3nc(C)cs3)cc3cccnc32)cc1. The molecule has 6 nitrogen and oxygen atoms in total. The Balaban J connectivity index is 1.79. The highest BCUT2D eigenvalue weighted by molar-refractivity contribution is 7.13. The van der Waals surface area contributed by atoms with E-state index in [1.807, 2.05) is 49.6 Å². The lowest BCUT2D eigenvalue weighted by Gasteiger charge is -2.12. The first-order valence-corrected chi connectivity index (χ1v) is 9.67. The highest BCUT2D eigenvalue weighted by Crippen LogP contribution is 2.17. The predicted octanol–water partition coefficient (Wildman–Crippen LogP) is 3.77. The molecule has 1 N–H and O–H groups in total. The summed E-state index contributed by atoms with van der Waals surface area (Å²) in [5, 5.41) is 5.76. The minimum Gasteiger partial charge on any atom is -0.298 e. The fourth-order valence-corrected chi connectivity index (χ4v) is 3.65. The van der Waals surface area contributed by atoms with E-state index >= 15 is 0 Å². The molecule has 0 spiro atoms. The molecule has 0 bridgehead atoms. The number of aryl methyl sites for hydroxylation is 2. The van der Waals surface area contributed by atoms with Gasteiger partial charge in [-0.2, -0.15) is 0 Å². The van der Waals surface area contributed by atoms with Crippen molar-refractivity contribution in [2.45, 2.75) is 20.4 Å². The van der Waals surface area contributed by atoms with Crippen molar-refractivity contribution in [1.29, 1.82) is 0 Å². The van der Waals surface area contributed by atoms with Crippen LogP contribution in [0.1, 0.15) is 27.2 Å². The molecule has 140 valence electrons. The van der Waals surface area contributed by atoms with Crippen LogP contribution in [0, 0.1) is 13.8 Å². The van der Waals surface area contributed by atoms with Gasteiger partial charge in [-0.25, -0.2) is 9.97 Å². The van der Waals surface area contributed by atoms with Crippen molar-refractivity contribution in [3.8, 4) is 0 Å². The third kappa shape index (κ3) is 3.57. The first-order chi connectivity index (χ1) is 13.5. The number of thiazole rings is 1. The molecule has 0 saturated carbocycles. The van der Waals surface area contributed by atoms with Crippen molar-refractivity contribution in [3.63, 3.8) is 0 Å². The molecule has 0 fully saturated rings. The molecule has 0 aliphatic carbocycles. The minimum absolute atomic E-state index is 0.0699. The molecule has 4 aromatic rings. The predicted molar refractivity (Wildman–Crippen MR) is 111 cm³/mol. The molecule has 4 rings (SSSR count). The quantitative estimate of drug-likeness (QED) is 0.575. The fourth-order valence-electron chi connectivity index (χ4n) is 2.97. The largest absolute Gasteiger partial charge is 0.298 e. The molecule has 1 aromatic carbocycles. The average Bonchev–Trinajstić information content (AvgIpc) is 3.10. The normalized spacial score (nSPS) is 10.9. The van der Waals surface area contributed by atoms with Gasteiger partial charge in [-0.05, 0) is 37.6 Å². The van der Waals surface area contributed by atoms with Crippen molar-refractivity contribution in [2.24, 2.45) is 0 Å². The van der Waals surface area contributed by atoms with Gasteiger partial charge in [0.05, 0.1) is 12.2 Å². The Morgan fingerprint density at radius 3 is 2.68 bits per heavy atom. The van der Waals surface area contributed by atoms with Gasteiger partial charge in [0, 0.05) is 17.0 Å². The van der Waals surface area contributed by atoms with Gasteiger partial charge in [-0.1, -0.05) is 29.8 Å². The second-order valence-electron chi connectivity index (χ2n) is 6.60. The van der Waals surface area contributed by atoms with E-state index in [1.54, 1.807) is 22.9 Å². The summed E-state index contributed by atoms with van der Waals surface area (Å²) < 4.78 is 1.54. The Morgan fingerprint density at radius 2 is 1.96 bits per heavy atom. The molecule has 7 heteroatoms. The summed E-state index contributed by atoms with van der Waals surface area (Å²) in [6, 6.07) is 13.2. The van der Waals surface area contributed by atoms with Gasteiger partial charge in [0.25, 0.3) is 11.5 Å². The standard InChI is InChI=1S/C21H18N4O2S/c1-13-5-7-15(8-6-13)11-25-18-16(4-3-9-22-18)10-17(20(25)27)19(26)24-21-23-14(2)12-28-21/h3-10,12H,11H2,1-2H3,(H,23,24,26). The van der Waals surface area contributed by atoms with Crippen LogP contribution in [-0.2, 0) is 6.54 Å². The molecule has 0 aliphatic rings. The first kappa shape index (κ1) is 18.1. The molecule has 28 heavy (non-hydrogen) atoms. The number of carbonyl (C=O) groups is 1. The number of anilines is 1. The van der Waals surface area contributed by atoms with E-state index in [0.717, 1.165) is 22.2 Å². The van der Waals surface area contributed by atoms with Crippen LogP contribution in [0.2, 0.25) is 0 Å². The molecule has 3 heterocycles. The zero-order valence-electron chi connectivity index (χ0n) is 15.5. The Labute approximate surface area is 165 Å². The number of carbonyl (C=O) groups excluding carboxylic acids is 1. The second kappa shape index (κ2) is 7.36. The van der Waals surface area contributed by atoms with E-state index < -0.39 is 5.91 Å². The van der Waals surface area contributed by atoms with Crippen LogP contribution in [0.5, 0.6) is 0 Å². The molecule has 0 atom stereocenters. The zero-order chi connectivity index (χ0) is 19.7. The van der Waals surface area contributed by atoms with Crippen LogP contribution in [0.4, 0.5) is 5.13 Å². The summed E-state index contributed by atoms with van der Waals surface area (Å²) in [5.74, 6) is -0.470. The molecule has 0 saturated heterocycles. The van der Waals surface area contributed by atoms with Gasteiger partial charge in [0.2, 0.25) is 0 Å². The smallest absolute Gasteiger partial charge is 0.265 e. The first-order valence-electron chi connectivity index (χ1n) is 8.79. The number of hydrogen-bond acceptors (Lipinski definition) is 5. The van der Waals surface area contributed by atoms with Crippen LogP contribution in [0.3, 0.4) is 0 Å². The summed E-state index contributed by atoms with van der Waals surface area (Å²) in [4.78, 5) is 34.5. The van der Waals surface area contributed by atoms with Crippen molar-refractivity contribution < 1.29 is 4.79 Å². The van der Waals surface area contributed by atoms with Crippen molar-refractivity contribution in [2.75, 3.05) is 5.32 Å². The summed E-state index contributed by atoms with van der Waals surface area (Å²) in [6.07, 6.45) is 1.64. The van der Waals surface area contributed by atoms with Gasteiger partial charge in [-0.15, -0.1) is 11.3 Å². The molecular formula is C21H18N4O2S. The van der Waals surface area contributed by atoms with Crippen molar-refractivity contribution >= 4 is 33.4 Å². The van der Waals surface area contributed by atoms with E-state index in [-0.39, 0.29) is 11.1 Å².